The molecular weight excluding hydrogens is 737 g/mol. The third kappa shape index (κ3) is 33.6. The summed E-state index contributed by atoms with van der Waals surface area (Å²) in [6.45, 7) is 4.45. The minimum Gasteiger partial charge on any atom is -0.469 e. The summed E-state index contributed by atoms with van der Waals surface area (Å²) in [6.07, 6.45) is 31.6. The van der Waals surface area contributed by atoms with Crippen molar-refractivity contribution in [3.8, 4) is 0 Å². The molecule has 58 heavy (non-hydrogen) atoms. The summed E-state index contributed by atoms with van der Waals surface area (Å²) in [6, 6.07) is 0. The predicted molar refractivity (Wildman–Crippen MR) is 234 cm³/mol. The van der Waals surface area contributed by atoms with Gasteiger partial charge in [-0.3, -0.25) is 19.2 Å². The molecule has 0 aromatic carbocycles. The maximum atomic E-state index is 13.1. The van der Waals surface area contributed by atoms with Crippen molar-refractivity contribution in [2.24, 2.45) is 0 Å². The van der Waals surface area contributed by atoms with Crippen molar-refractivity contribution >= 4 is 23.9 Å². The Balaban J connectivity index is 4.84. The molecule has 0 rings (SSSR count). The first-order valence-electron chi connectivity index (χ1n) is 23.8. The van der Waals surface area contributed by atoms with Crippen molar-refractivity contribution in [3.63, 3.8) is 0 Å². The van der Waals surface area contributed by atoms with Gasteiger partial charge in [0, 0.05) is 39.9 Å². The van der Waals surface area contributed by atoms with Crippen LogP contribution < -0.4 is 0 Å². The van der Waals surface area contributed by atoms with Crippen LogP contribution in [0.3, 0.4) is 0 Å². The fourth-order valence-electron chi connectivity index (χ4n) is 7.65. The highest BCUT2D eigenvalue weighted by Gasteiger charge is 2.26. The molecule has 0 saturated carbocycles. The Kier molecular flexibility index (Phi) is 40.0. The van der Waals surface area contributed by atoms with Gasteiger partial charge >= 0.3 is 23.9 Å². The first kappa shape index (κ1) is 55.8. The number of ether oxygens (including phenoxy) is 6. The molecular formula is C48H90O10. The van der Waals surface area contributed by atoms with Crippen molar-refractivity contribution in [3.05, 3.63) is 0 Å². The molecule has 0 saturated heterocycles. The van der Waals surface area contributed by atoms with E-state index in [4.69, 9.17) is 28.4 Å². The molecule has 10 nitrogen and oxygen atoms in total. The van der Waals surface area contributed by atoms with Gasteiger partial charge in [-0.25, -0.2) is 0 Å². The molecule has 0 amide bonds. The Morgan fingerprint density at radius 3 is 0.828 bits per heavy atom. The average Bonchev–Trinajstić information content (AvgIpc) is 3.22. The van der Waals surface area contributed by atoms with Crippen LogP contribution in [-0.2, 0) is 47.6 Å². The lowest BCUT2D eigenvalue weighted by atomic mass is 9.99. The molecule has 0 aromatic heterocycles. The van der Waals surface area contributed by atoms with Crippen molar-refractivity contribution in [1.29, 1.82) is 0 Å². The topological polar surface area (TPSA) is 124 Å². The second-order valence-corrected chi connectivity index (χ2v) is 16.4. The quantitative estimate of drug-likeness (QED) is 0.0333. The largest absolute Gasteiger partial charge is 0.469 e. The minimum absolute atomic E-state index is 0.104. The van der Waals surface area contributed by atoms with Gasteiger partial charge in [0.15, 0.2) is 0 Å². The molecule has 0 aliphatic heterocycles. The Labute approximate surface area is 355 Å². The maximum absolute atomic E-state index is 13.1. The number of unbranched alkanes of at least 4 members (excludes halogenated alkanes) is 21. The summed E-state index contributed by atoms with van der Waals surface area (Å²) in [5.41, 5.74) is 0. The van der Waals surface area contributed by atoms with E-state index in [2.05, 4.69) is 13.8 Å². The lowest BCUT2D eigenvalue weighted by Gasteiger charge is -2.26. The van der Waals surface area contributed by atoms with Crippen LogP contribution in [0.15, 0.2) is 0 Å². The molecule has 0 bridgehead atoms. The van der Waals surface area contributed by atoms with Gasteiger partial charge < -0.3 is 28.4 Å². The van der Waals surface area contributed by atoms with Crippen LogP contribution in [0.2, 0.25) is 0 Å². The third-order valence-electron chi connectivity index (χ3n) is 11.4. The Bertz CT molecular complexity index is 972. The van der Waals surface area contributed by atoms with E-state index in [1.54, 1.807) is 14.2 Å². The Morgan fingerprint density at radius 2 is 0.552 bits per heavy atom. The molecule has 0 spiro atoms. The SMILES string of the molecule is CCCCCCCCC(OC)C(CCCCCCCC(=O)OC)OC(=O)CCCCCCC(=O)OC(CCCCCCCC)C(CCCCCCCC(=O)OC)OC. The lowest BCUT2D eigenvalue weighted by molar-refractivity contribution is -0.158. The van der Waals surface area contributed by atoms with Gasteiger partial charge in [-0.05, 0) is 64.2 Å². The van der Waals surface area contributed by atoms with Gasteiger partial charge in [0.1, 0.15) is 12.2 Å². The number of carbonyl (C=O) groups excluding carboxylic acids is 4. The summed E-state index contributed by atoms with van der Waals surface area (Å²) in [5.74, 6) is -0.641. The number of rotatable bonds is 43. The van der Waals surface area contributed by atoms with Crippen LogP contribution in [0.1, 0.15) is 232 Å². The third-order valence-corrected chi connectivity index (χ3v) is 11.4. The molecule has 0 N–H and O–H groups in total. The maximum Gasteiger partial charge on any atom is 0.306 e. The fourth-order valence-corrected chi connectivity index (χ4v) is 7.65. The number of methoxy groups -OCH3 is 4. The second kappa shape index (κ2) is 41.5. The molecule has 0 fully saturated rings. The summed E-state index contributed by atoms with van der Waals surface area (Å²) < 4.78 is 33.5. The highest BCUT2D eigenvalue weighted by atomic mass is 16.6. The van der Waals surface area contributed by atoms with E-state index in [1.165, 1.54) is 72.0 Å². The van der Waals surface area contributed by atoms with Gasteiger partial charge in [-0.2, -0.15) is 0 Å². The summed E-state index contributed by atoms with van der Waals surface area (Å²) in [5, 5.41) is 0. The molecule has 0 aromatic rings. The van der Waals surface area contributed by atoms with E-state index in [0.29, 0.717) is 25.7 Å². The molecule has 0 aliphatic carbocycles. The summed E-state index contributed by atoms with van der Waals surface area (Å²) in [4.78, 5) is 48.9. The zero-order chi connectivity index (χ0) is 42.9. The number of esters is 4. The predicted octanol–water partition coefficient (Wildman–Crippen LogP) is 12.5. The Morgan fingerprint density at radius 1 is 0.310 bits per heavy atom. The van der Waals surface area contributed by atoms with Gasteiger partial charge in [0.25, 0.3) is 0 Å². The van der Waals surface area contributed by atoms with Crippen molar-refractivity contribution in [1.82, 2.24) is 0 Å². The minimum atomic E-state index is -0.253. The van der Waals surface area contributed by atoms with Crippen molar-refractivity contribution in [2.45, 2.75) is 257 Å². The van der Waals surface area contributed by atoms with E-state index in [1.807, 2.05) is 0 Å². The van der Waals surface area contributed by atoms with Crippen LogP contribution in [0.25, 0.3) is 0 Å². The smallest absolute Gasteiger partial charge is 0.306 e. The molecule has 342 valence electrons. The highest BCUT2D eigenvalue weighted by molar-refractivity contribution is 5.70. The van der Waals surface area contributed by atoms with Crippen molar-refractivity contribution < 1.29 is 47.6 Å². The number of carbonyl (C=O) groups is 4. The van der Waals surface area contributed by atoms with Gasteiger partial charge in [-0.15, -0.1) is 0 Å². The van der Waals surface area contributed by atoms with Crippen LogP contribution >= 0.6 is 0 Å². The van der Waals surface area contributed by atoms with Crippen LogP contribution in [0.4, 0.5) is 0 Å². The van der Waals surface area contributed by atoms with E-state index < -0.39 is 0 Å². The zero-order valence-corrected chi connectivity index (χ0v) is 38.4. The molecule has 0 aliphatic rings. The zero-order valence-electron chi connectivity index (χ0n) is 38.4. The van der Waals surface area contributed by atoms with Crippen molar-refractivity contribution in [2.75, 3.05) is 28.4 Å². The van der Waals surface area contributed by atoms with E-state index in [-0.39, 0.29) is 48.3 Å². The number of hydrogen-bond donors (Lipinski definition) is 0. The first-order chi connectivity index (χ1) is 28.3. The van der Waals surface area contributed by atoms with E-state index in [0.717, 1.165) is 135 Å². The highest BCUT2D eigenvalue weighted by Crippen LogP contribution is 2.23. The first-order valence-corrected chi connectivity index (χ1v) is 23.8. The molecule has 0 radical (unpaired) electrons. The van der Waals surface area contributed by atoms with Gasteiger partial charge in [0.05, 0.1) is 26.4 Å². The van der Waals surface area contributed by atoms with Crippen LogP contribution in [0.5, 0.6) is 0 Å². The van der Waals surface area contributed by atoms with Crippen LogP contribution in [0, 0.1) is 0 Å². The van der Waals surface area contributed by atoms with Gasteiger partial charge in [-0.1, -0.05) is 142 Å². The average molecular weight is 827 g/mol. The van der Waals surface area contributed by atoms with E-state index in [9.17, 15) is 19.2 Å². The normalized spacial score (nSPS) is 13.4. The molecule has 10 heteroatoms. The molecule has 0 heterocycles. The standard InChI is InChI=1S/C48H90O10/c1-7-9-11-13-17-25-33-41(53-3)44(36-28-20-16-22-30-38-46(50)56-6)58-48(52)40-32-24-23-31-39-47(51)57-43(35-27-18-14-12-10-8-2)42(54-4)34-26-19-15-21-29-37-45(49)55-5/h41-44H,7-40H2,1-6H3. The summed E-state index contributed by atoms with van der Waals surface area (Å²) in [7, 11) is 6.31. The molecule has 4 unspecified atom stereocenters. The molecule has 4 atom stereocenters. The number of hydrogen-bond acceptors (Lipinski definition) is 10. The summed E-state index contributed by atoms with van der Waals surface area (Å²) >= 11 is 0. The van der Waals surface area contributed by atoms with Crippen LogP contribution in [-0.4, -0.2) is 76.7 Å². The second-order valence-electron chi connectivity index (χ2n) is 16.4. The van der Waals surface area contributed by atoms with E-state index >= 15 is 0 Å². The monoisotopic (exact) mass is 827 g/mol. The fraction of sp³-hybridized carbons (Fsp3) is 0.917. The lowest BCUT2D eigenvalue weighted by Crippen LogP contribution is -2.33. The Hall–Kier alpha value is -2.20. The van der Waals surface area contributed by atoms with Gasteiger partial charge in [0.2, 0.25) is 0 Å².